The second-order valence-corrected chi connectivity index (χ2v) is 6.70. The lowest BCUT2D eigenvalue weighted by Gasteiger charge is -2.23. The Bertz CT molecular complexity index is 696. The lowest BCUT2D eigenvalue weighted by atomic mass is 10.0. The van der Waals surface area contributed by atoms with Crippen LogP contribution in [-0.4, -0.2) is 32.2 Å². The highest BCUT2D eigenvalue weighted by molar-refractivity contribution is 5.60. The first-order chi connectivity index (χ1) is 11.2. The maximum Gasteiger partial charge on any atom is 0.163 e. The Kier molecular flexibility index (Phi) is 3.73. The van der Waals surface area contributed by atoms with E-state index in [1.54, 1.807) is 12.4 Å². The fourth-order valence-electron chi connectivity index (χ4n) is 3.66. The summed E-state index contributed by atoms with van der Waals surface area (Å²) < 4.78 is 0. The summed E-state index contributed by atoms with van der Waals surface area (Å²) in [6.45, 7) is 0.572. The molecule has 0 aromatic carbocycles. The zero-order valence-corrected chi connectivity index (χ0v) is 13.3. The maximum atomic E-state index is 10.6. The van der Waals surface area contributed by atoms with E-state index in [0.29, 0.717) is 6.54 Å². The molecule has 2 aliphatic carbocycles. The Morgan fingerprint density at radius 1 is 1.13 bits per heavy atom. The van der Waals surface area contributed by atoms with Crippen LogP contribution in [0.5, 0.6) is 0 Å². The van der Waals surface area contributed by atoms with E-state index in [-0.39, 0.29) is 0 Å². The van der Waals surface area contributed by atoms with Crippen molar-refractivity contribution < 1.29 is 5.11 Å². The Morgan fingerprint density at radius 2 is 2.00 bits per heavy atom. The molecule has 1 saturated carbocycles. The predicted octanol–water partition coefficient (Wildman–Crippen LogP) is 2.74. The fraction of sp³-hybridized carbons (Fsp3) is 0.500. The van der Waals surface area contributed by atoms with Crippen molar-refractivity contribution >= 4 is 5.82 Å². The maximum absolute atomic E-state index is 10.6. The Morgan fingerprint density at radius 3 is 2.78 bits per heavy atom. The minimum atomic E-state index is -0.578. The second kappa shape index (κ2) is 5.89. The monoisotopic (exact) mass is 310 g/mol. The third-order valence-electron chi connectivity index (χ3n) is 4.97. The second-order valence-electron chi connectivity index (χ2n) is 6.70. The van der Waals surface area contributed by atoms with Gasteiger partial charge in [-0.05, 0) is 44.2 Å². The molecule has 0 amide bonds. The number of nitrogens with zero attached hydrogens (tertiary/aromatic N) is 3. The summed E-state index contributed by atoms with van der Waals surface area (Å²) in [5, 5.41) is 14.0. The summed E-state index contributed by atoms with van der Waals surface area (Å²) >= 11 is 0. The van der Waals surface area contributed by atoms with E-state index in [1.807, 2.05) is 12.1 Å². The summed E-state index contributed by atoms with van der Waals surface area (Å²) in [5.74, 6) is 1.62. The molecule has 120 valence electrons. The number of hydrogen-bond donors (Lipinski definition) is 2. The molecule has 2 heterocycles. The van der Waals surface area contributed by atoms with Crippen LogP contribution in [0.1, 0.15) is 43.4 Å². The van der Waals surface area contributed by atoms with Gasteiger partial charge < -0.3 is 10.4 Å². The molecule has 4 rings (SSSR count). The summed E-state index contributed by atoms with van der Waals surface area (Å²) in [6, 6.07) is 3.89. The number of aryl methyl sites for hydroxylation is 1. The molecule has 5 nitrogen and oxygen atoms in total. The zero-order valence-electron chi connectivity index (χ0n) is 13.3. The van der Waals surface area contributed by atoms with Crippen LogP contribution in [0, 0.1) is 0 Å². The van der Waals surface area contributed by atoms with Gasteiger partial charge >= 0.3 is 0 Å². The first-order valence-corrected chi connectivity index (χ1v) is 8.50. The zero-order chi connectivity index (χ0) is 15.7. The number of aliphatic hydroxyl groups is 1. The summed E-state index contributed by atoms with van der Waals surface area (Å²) in [7, 11) is 0. The van der Waals surface area contributed by atoms with Gasteiger partial charge in [0.1, 0.15) is 5.82 Å². The van der Waals surface area contributed by atoms with Crippen molar-refractivity contribution in [1.29, 1.82) is 0 Å². The fourth-order valence-corrected chi connectivity index (χ4v) is 3.66. The van der Waals surface area contributed by atoms with E-state index in [9.17, 15) is 5.11 Å². The van der Waals surface area contributed by atoms with Crippen LogP contribution in [0.4, 0.5) is 5.82 Å². The molecular weight excluding hydrogens is 288 g/mol. The van der Waals surface area contributed by atoms with E-state index in [0.717, 1.165) is 67.8 Å². The van der Waals surface area contributed by atoms with Gasteiger partial charge in [0.25, 0.3) is 0 Å². The normalized spacial score (nSPS) is 18.8. The Balaban J connectivity index is 1.64. The van der Waals surface area contributed by atoms with Gasteiger partial charge in [0, 0.05) is 35.8 Å². The molecule has 0 radical (unpaired) electrons. The minimum Gasteiger partial charge on any atom is -0.388 e. The predicted molar refractivity (Wildman–Crippen MR) is 89.2 cm³/mol. The molecular formula is C18H22N4O. The van der Waals surface area contributed by atoms with Crippen molar-refractivity contribution in [2.24, 2.45) is 0 Å². The van der Waals surface area contributed by atoms with E-state index in [1.165, 1.54) is 5.56 Å². The Labute approximate surface area is 136 Å². The van der Waals surface area contributed by atoms with E-state index in [2.05, 4.69) is 10.3 Å². The highest BCUT2D eigenvalue weighted by Crippen LogP contribution is 2.32. The molecule has 2 aromatic rings. The smallest absolute Gasteiger partial charge is 0.163 e. The van der Waals surface area contributed by atoms with E-state index in [4.69, 9.17) is 9.97 Å². The summed E-state index contributed by atoms with van der Waals surface area (Å²) in [4.78, 5) is 13.6. The van der Waals surface area contributed by atoms with Gasteiger partial charge in [-0.2, -0.15) is 0 Å². The third-order valence-corrected chi connectivity index (χ3v) is 4.97. The van der Waals surface area contributed by atoms with Crippen molar-refractivity contribution in [1.82, 2.24) is 15.0 Å². The van der Waals surface area contributed by atoms with Crippen LogP contribution in [-0.2, 0) is 12.8 Å². The van der Waals surface area contributed by atoms with Crippen molar-refractivity contribution in [2.45, 2.75) is 50.5 Å². The number of hydrogen-bond acceptors (Lipinski definition) is 5. The molecule has 0 aliphatic heterocycles. The van der Waals surface area contributed by atoms with Crippen LogP contribution in [0.2, 0.25) is 0 Å². The average molecular weight is 310 g/mol. The summed E-state index contributed by atoms with van der Waals surface area (Å²) in [6.07, 6.45) is 10.7. The number of rotatable bonds is 4. The van der Waals surface area contributed by atoms with E-state index >= 15 is 0 Å². The standard InChI is InChI=1S/C18H22N4O/c23-18(8-1-2-9-18)12-20-17-14-6-3-7-15(14)21-16(22-17)13-5-4-10-19-11-13/h4-5,10-11,23H,1-3,6-9,12H2,(H,20,21,22). The molecule has 0 unspecified atom stereocenters. The van der Waals surface area contributed by atoms with Crippen molar-refractivity contribution in [2.75, 3.05) is 11.9 Å². The van der Waals surface area contributed by atoms with Gasteiger partial charge in [0.05, 0.1) is 5.60 Å². The lowest BCUT2D eigenvalue weighted by Crippen LogP contribution is -2.34. The number of pyridine rings is 1. The highest BCUT2D eigenvalue weighted by atomic mass is 16.3. The van der Waals surface area contributed by atoms with Crippen LogP contribution < -0.4 is 5.32 Å². The van der Waals surface area contributed by atoms with Crippen LogP contribution in [0.3, 0.4) is 0 Å². The third kappa shape index (κ3) is 2.93. The van der Waals surface area contributed by atoms with Gasteiger partial charge in [0.15, 0.2) is 5.82 Å². The SMILES string of the molecule is OC1(CNc2nc(-c3cccnc3)nc3c2CCC3)CCCC1. The lowest BCUT2D eigenvalue weighted by molar-refractivity contribution is 0.0614. The van der Waals surface area contributed by atoms with Crippen LogP contribution >= 0.6 is 0 Å². The van der Waals surface area contributed by atoms with Gasteiger partial charge in [-0.1, -0.05) is 12.8 Å². The minimum absolute atomic E-state index is 0.572. The molecule has 2 aliphatic rings. The topological polar surface area (TPSA) is 70.9 Å². The molecule has 0 spiro atoms. The summed E-state index contributed by atoms with van der Waals surface area (Å²) in [5.41, 5.74) is 2.72. The number of nitrogens with one attached hydrogen (secondary N) is 1. The molecule has 0 atom stereocenters. The van der Waals surface area contributed by atoms with E-state index < -0.39 is 5.60 Å². The number of anilines is 1. The van der Waals surface area contributed by atoms with Gasteiger partial charge in [-0.25, -0.2) is 9.97 Å². The number of fused-ring (bicyclic) bond motifs is 1. The molecule has 0 bridgehead atoms. The molecule has 1 fully saturated rings. The molecule has 0 saturated heterocycles. The first-order valence-electron chi connectivity index (χ1n) is 8.50. The highest BCUT2D eigenvalue weighted by Gasteiger charge is 2.31. The van der Waals surface area contributed by atoms with Gasteiger partial charge in [-0.15, -0.1) is 0 Å². The molecule has 5 heteroatoms. The molecule has 2 aromatic heterocycles. The van der Waals surface area contributed by atoms with Crippen LogP contribution in [0.25, 0.3) is 11.4 Å². The number of aromatic nitrogens is 3. The van der Waals surface area contributed by atoms with Crippen molar-refractivity contribution in [3.63, 3.8) is 0 Å². The van der Waals surface area contributed by atoms with Crippen molar-refractivity contribution in [3.05, 3.63) is 35.8 Å². The Hall–Kier alpha value is -2.01. The van der Waals surface area contributed by atoms with Gasteiger partial charge in [0.2, 0.25) is 0 Å². The van der Waals surface area contributed by atoms with Crippen molar-refractivity contribution in [3.8, 4) is 11.4 Å². The molecule has 2 N–H and O–H groups in total. The van der Waals surface area contributed by atoms with Crippen LogP contribution in [0.15, 0.2) is 24.5 Å². The first kappa shape index (κ1) is 14.6. The van der Waals surface area contributed by atoms with Gasteiger partial charge in [-0.3, -0.25) is 4.98 Å². The quantitative estimate of drug-likeness (QED) is 0.908. The average Bonchev–Trinajstić information content (AvgIpc) is 3.22. The molecule has 23 heavy (non-hydrogen) atoms. The largest absolute Gasteiger partial charge is 0.388 e.